The lowest BCUT2D eigenvalue weighted by atomic mass is 9.95. The van der Waals surface area contributed by atoms with Gasteiger partial charge in [-0.15, -0.1) is 0 Å². The second-order valence-electron chi connectivity index (χ2n) is 7.68. The number of hydrogen-bond donors (Lipinski definition) is 0. The van der Waals surface area contributed by atoms with Gasteiger partial charge in [0, 0.05) is 41.8 Å². The number of nitro groups is 2. The van der Waals surface area contributed by atoms with Gasteiger partial charge in [0.2, 0.25) is 6.23 Å². The quantitative estimate of drug-likeness (QED) is 0.409. The van der Waals surface area contributed by atoms with Crippen molar-refractivity contribution in [1.82, 2.24) is 5.01 Å². The molecule has 5 rings (SSSR count). The van der Waals surface area contributed by atoms with Crippen molar-refractivity contribution in [2.45, 2.75) is 18.7 Å². The minimum Gasteiger partial charge on any atom is -0.497 e. The molecule has 0 saturated carbocycles. The number of hydrogen-bond acceptors (Lipinski definition) is 8. The molecule has 10 nitrogen and oxygen atoms in total. The SMILES string of the molecule is COc1ccc(C2=NN3[C@H](C2)c2cc([N+](=O)[O-])ccc2O[C@@H]3c2cccc([N+](=O)[O-])c2)cc1. The van der Waals surface area contributed by atoms with Crippen molar-refractivity contribution in [3.05, 3.63) is 104 Å². The van der Waals surface area contributed by atoms with Gasteiger partial charge in [0.05, 0.1) is 28.7 Å². The lowest BCUT2D eigenvalue weighted by Gasteiger charge is -2.38. The summed E-state index contributed by atoms with van der Waals surface area (Å²) in [5, 5.41) is 29.2. The molecule has 0 N–H and O–H groups in total. The molecule has 0 fully saturated rings. The van der Waals surface area contributed by atoms with Gasteiger partial charge in [-0.3, -0.25) is 20.2 Å². The van der Waals surface area contributed by atoms with Gasteiger partial charge < -0.3 is 9.47 Å². The number of ether oxygens (including phenoxy) is 2. The number of nitrogens with zero attached hydrogens (tertiary/aromatic N) is 4. The topological polar surface area (TPSA) is 120 Å². The van der Waals surface area contributed by atoms with Gasteiger partial charge in [0.1, 0.15) is 11.5 Å². The number of fused-ring (bicyclic) bond motifs is 3. The highest BCUT2D eigenvalue weighted by molar-refractivity contribution is 6.02. The van der Waals surface area contributed by atoms with Gasteiger partial charge in [-0.2, -0.15) is 5.10 Å². The van der Waals surface area contributed by atoms with Crippen molar-refractivity contribution in [3.63, 3.8) is 0 Å². The van der Waals surface area contributed by atoms with E-state index in [0.717, 1.165) is 11.3 Å². The molecule has 3 aromatic carbocycles. The monoisotopic (exact) mass is 446 g/mol. The van der Waals surface area contributed by atoms with Crippen molar-refractivity contribution in [2.24, 2.45) is 5.10 Å². The average Bonchev–Trinajstić information content (AvgIpc) is 3.29. The van der Waals surface area contributed by atoms with Gasteiger partial charge in [-0.1, -0.05) is 12.1 Å². The van der Waals surface area contributed by atoms with E-state index in [0.29, 0.717) is 29.0 Å². The van der Waals surface area contributed by atoms with Crippen LogP contribution >= 0.6 is 0 Å². The summed E-state index contributed by atoms with van der Waals surface area (Å²) in [4.78, 5) is 21.8. The minimum absolute atomic E-state index is 0.0380. The summed E-state index contributed by atoms with van der Waals surface area (Å²) in [6.07, 6.45) is -0.227. The molecule has 0 amide bonds. The molecule has 0 unspecified atom stereocenters. The van der Waals surface area contributed by atoms with E-state index in [9.17, 15) is 20.2 Å². The fourth-order valence-electron chi connectivity index (χ4n) is 4.16. The van der Waals surface area contributed by atoms with Crippen LogP contribution in [0.5, 0.6) is 11.5 Å². The van der Waals surface area contributed by atoms with E-state index in [-0.39, 0.29) is 17.4 Å². The maximum absolute atomic E-state index is 11.4. The van der Waals surface area contributed by atoms with Crippen LogP contribution in [0, 0.1) is 20.2 Å². The average molecular weight is 446 g/mol. The highest BCUT2D eigenvalue weighted by Crippen LogP contribution is 2.48. The highest BCUT2D eigenvalue weighted by Gasteiger charge is 2.42. The van der Waals surface area contributed by atoms with Crippen LogP contribution in [0.2, 0.25) is 0 Å². The fourth-order valence-corrected chi connectivity index (χ4v) is 4.16. The molecule has 0 spiro atoms. The van der Waals surface area contributed by atoms with Crippen LogP contribution in [-0.4, -0.2) is 27.7 Å². The molecule has 33 heavy (non-hydrogen) atoms. The van der Waals surface area contributed by atoms with E-state index < -0.39 is 16.1 Å². The molecule has 10 heteroatoms. The zero-order valence-electron chi connectivity index (χ0n) is 17.5. The maximum Gasteiger partial charge on any atom is 0.270 e. The second-order valence-corrected chi connectivity index (χ2v) is 7.68. The molecule has 0 aromatic heterocycles. The first-order chi connectivity index (χ1) is 15.9. The van der Waals surface area contributed by atoms with Crippen LogP contribution in [0.15, 0.2) is 71.8 Å². The Balaban J connectivity index is 1.60. The molecule has 0 bridgehead atoms. The van der Waals surface area contributed by atoms with Crippen molar-refractivity contribution < 1.29 is 19.3 Å². The van der Waals surface area contributed by atoms with Gasteiger partial charge in [-0.25, -0.2) is 5.01 Å². The van der Waals surface area contributed by atoms with Crippen LogP contribution in [0.1, 0.15) is 35.4 Å². The molecule has 0 aliphatic carbocycles. The van der Waals surface area contributed by atoms with Crippen molar-refractivity contribution in [2.75, 3.05) is 7.11 Å². The lowest BCUT2D eigenvalue weighted by molar-refractivity contribution is -0.385. The zero-order chi connectivity index (χ0) is 23.1. The first-order valence-electron chi connectivity index (χ1n) is 10.1. The first-order valence-corrected chi connectivity index (χ1v) is 10.1. The van der Waals surface area contributed by atoms with Crippen LogP contribution in [0.4, 0.5) is 11.4 Å². The highest BCUT2D eigenvalue weighted by atomic mass is 16.6. The Kier molecular flexibility index (Phi) is 4.89. The molecule has 0 radical (unpaired) electrons. The predicted octanol–water partition coefficient (Wildman–Crippen LogP) is 4.75. The van der Waals surface area contributed by atoms with E-state index in [1.807, 2.05) is 24.3 Å². The summed E-state index contributed by atoms with van der Waals surface area (Å²) in [5.74, 6) is 1.21. The molecule has 2 atom stereocenters. The van der Waals surface area contributed by atoms with Gasteiger partial charge >= 0.3 is 0 Å². The minimum atomic E-state index is -0.723. The van der Waals surface area contributed by atoms with Gasteiger partial charge in [0.15, 0.2) is 0 Å². The summed E-state index contributed by atoms with van der Waals surface area (Å²) >= 11 is 0. The smallest absolute Gasteiger partial charge is 0.270 e. The fraction of sp³-hybridized carbons (Fsp3) is 0.174. The predicted molar refractivity (Wildman–Crippen MR) is 118 cm³/mol. The number of non-ortho nitro benzene ring substituents is 2. The summed E-state index contributed by atoms with van der Waals surface area (Å²) in [6, 6.07) is 17.8. The summed E-state index contributed by atoms with van der Waals surface area (Å²) in [5.41, 5.74) is 2.79. The largest absolute Gasteiger partial charge is 0.497 e. The van der Waals surface area contributed by atoms with Crippen molar-refractivity contribution in [3.8, 4) is 11.5 Å². The van der Waals surface area contributed by atoms with Crippen LogP contribution in [-0.2, 0) is 0 Å². The summed E-state index contributed by atoms with van der Waals surface area (Å²) in [6.45, 7) is 0. The van der Waals surface area contributed by atoms with E-state index in [4.69, 9.17) is 14.6 Å². The Labute approximate surface area is 188 Å². The Morgan fingerprint density at radius 1 is 1.00 bits per heavy atom. The second kappa shape index (κ2) is 7.90. The Hall–Kier alpha value is -4.47. The molecule has 0 saturated heterocycles. The Morgan fingerprint density at radius 2 is 1.73 bits per heavy atom. The third-order valence-electron chi connectivity index (χ3n) is 5.77. The maximum atomic E-state index is 11.4. The van der Waals surface area contributed by atoms with Crippen molar-refractivity contribution >= 4 is 17.1 Å². The molecule has 2 aliphatic rings. The zero-order valence-corrected chi connectivity index (χ0v) is 17.5. The third kappa shape index (κ3) is 3.61. The molecule has 3 aromatic rings. The Morgan fingerprint density at radius 3 is 2.42 bits per heavy atom. The number of hydrazone groups is 1. The van der Waals surface area contributed by atoms with Gasteiger partial charge in [0.25, 0.3) is 11.4 Å². The van der Waals surface area contributed by atoms with E-state index in [2.05, 4.69) is 0 Å². The van der Waals surface area contributed by atoms with Crippen LogP contribution in [0.25, 0.3) is 0 Å². The molecular weight excluding hydrogens is 428 g/mol. The number of benzene rings is 3. The lowest BCUT2D eigenvalue weighted by Crippen LogP contribution is -2.33. The first kappa shape index (κ1) is 20.4. The summed E-state index contributed by atoms with van der Waals surface area (Å²) in [7, 11) is 1.59. The molecule has 2 aliphatic heterocycles. The number of rotatable bonds is 5. The normalized spacial score (nSPS) is 18.6. The molecule has 2 heterocycles. The van der Waals surface area contributed by atoms with Crippen molar-refractivity contribution in [1.29, 1.82) is 0 Å². The summed E-state index contributed by atoms with van der Waals surface area (Å²) < 4.78 is 11.4. The van der Waals surface area contributed by atoms with Crippen LogP contribution < -0.4 is 9.47 Å². The van der Waals surface area contributed by atoms with Gasteiger partial charge in [-0.05, 0) is 35.9 Å². The van der Waals surface area contributed by atoms with E-state index >= 15 is 0 Å². The standard InChI is InChI=1S/C23H18N4O6/c1-32-18-8-5-14(6-9-18)20-13-21-19-12-17(27(30)31)7-10-22(19)33-23(25(21)24-20)15-3-2-4-16(11-15)26(28)29/h2-12,21,23H,13H2,1H3/t21-,23-/m1/s1. The number of nitro benzene ring substituents is 2. The molecular formula is C23H18N4O6. The molecule has 166 valence electrons. The number of methoxy groups -OCH3 is 1. The van der Waals surface area contributed by atoms with E-state index in [1.165, 1.54) is 24.3 Å². The Bertz CT molecular complexity index is 1290. The van der Waals surface area contributed by atoms with Crippen LogP contribution in [0.3, 0.4) is 0 Å². The third-order valence-corrected chi connectivity index (χ3v) is 5.77. The van der Waals surface area contributed by atoms with E-state index in [1.54, 1.807) is 30.3 Å².